The fourth-order valence-electron chi connectivity index (χ4n) is 4.98. The summed E-state index contributed by atoms with van der Waals surface area (Å²) < 4.78 is 38.9. The second-order valence-electron chi connectivity index (χ2n) is 9.29. The lowest BCUT2D eigenvalue weighted by Crippen LogP contribution is -2.60. The molecule has 0 radical (unpaired) electrons. The third-order valence-corrected chi connectivity index (χ3v) is 6.44. The van der Waals surface area contributed by atoms with E-state index >= 15 is 0 Å². The molecule has 1 fully saturated rings. The summed E-state index contributed by atoms with van der Waals surface area (Å²) in [7, 11) is 0. The van der Waals surface area contributed by atoms with Crippen molar-refractivity contribution in [1.29, 1.82) is 0 Å². The van der Waals surface area contributed by atoms with Crippen molar-refractivity contribution in [2.75, 3.05) is 32.8 Å². The molecule has 1 unspecified atom stereocenters. The number of halogens is 2. The number of hydrogen-bond donors (Lipinski definition) is 1. The quantitative estimate of drug-likeness (QED) is 0.422. The maximum atomic E-state index is 13.7. The molecule has 1 aliphatic heterocycles. The Morgan fingerprint density at radius 2 is 1.43 bits per heavy atom. The SMILES string of the molecule is CCOc1ccc(CC2(C)CN(C(c3ccc(F)cc3)c3ccc(F)cc3)CCN2)cc1OCC. The molecule has 0 aromatic heterocycles. The van der Waals surface area contributed by atoms with Gasteiger partial charge >= 0.3 is 0 Å². The van der Waals surface area contributed by atoms with E-state index in [0.29, 0.717) is 13.2 Å². The molecule has 3 aromatic carbocycles. The molecule has 0 saturated carbocycles. The summed E-state index contributed by atoms with van der Waals surface area (Å²) in [4.78, 5) is 2.40. The first kappa shape index (κ1) is 25.1. The maximum absolute atomic E-state index is 13.7. The molecule has 0 spiro atoms. The van der Waals surface area contributed by atoms with Crippen LogP contribution in [0.1, 0.15) is 43.5 Å². The first-order valence-electron chi connectivity index (χ1n) is 12.3. The Bertz CT molecular complexity index is 1060. The van der Waals surface area contributed by atoms with Gasteiger partial charge in [-0.2, -0.15) is 0 Å². The molecule has 0 aliphatic carbocycles. The van der Waals surface area contributed by atoms with Gasteiger partial charge in [-0.1, -0.05) is 30.3 Å². The van der Waals surface area contributed by atoms with Crippen LogP contribution in [0.15, 0.2) is 66.7 Å². The zero-order valence-corrected chi connectivity index (χ0v) is 20.7. The minimum absolute atomic E-state index is 0.100. The number of nitrogens with one attached hydrogen (secondary N) is 1. The van der Waals surface area contributed by atoms with Gasteiger partial charge in [-0.05, 0) is 80.3 Å². The van der Waals surface area contributed by atoms with Gasteiger partial charge in [-0.3, -0.25) is 4.90 Å². The van der Waals surface area contributed by atoms with Crippen LogP contribution in [0, 0.1) is 11.6 Å². The lowest BCUT2D eigenvalue weighted by Gasteiger charge is -2.45. The summed E-state index contributed by atoms with van der Waals surface area (Å²) in [6.45, 7) is 9.71. The Morgan fingerprint density at radius 1 is 0.857 bits per heavy atom. The molecule has 35 heavy (non-hydrogen) atoms. The number of nitrogens with zero attached hydrogens (tertiary/aromatic N) is 1. The average Bonchev–Trinajstić information content (AvgIpc) is 2.83. The number of piperazine rings is 1. The fraction of sp³-hybridized carbons (Fsp3) is 0.379. The smallest absolute Gasteiger partial charge is 0.161 e. The van der Waals surface area contributed by atoms with Gasteiger partial charge in [0, 0.05) is 25.2 Å². The predicted octanol–water partition coefficient (Wildman–Crippen LogP) is 5.76. The van der Waals surface area contributed by atoms with Crippen molar-refractivity contribution in [1.82, 2.24) is 10.2 Å². The summed E-state index contributed by atoms with van der Waals surface area (Å²) >= 11 is 0. The predicted molar refractivity (Wildman–Crippen MR) is 135 cm³/mol. The topological polar surface area (TPSA) is 33.7 Å². The van der Waals surface area contributed by atoms with Crippen molar-refractivity contribution < 1.29 is 18.3 Å². The van der Waals surface area contributed by atoms with Crippen molar-refractivity contribution in [3.63, 3.8) is 0 Å². The first-order valence-corrected chi connectivity index (χ1v) is 12.3. The highest BCUT2D eigenvalue weighted by Crippen LogP contribution is 2.34. The molecular formula is C29H34F2N2O2. The van der Waals surface area contributed by atoms with Crippen LogP contribution in [0.25, 0.3) is 0 Å². The molecule has 1 atom stereocenters. The van der Waals surface area contributed by atoms with Gasteiger partial charge in [0.25, 0.3) is 0 Å². The van der Waals surface area contributed by atoms with Crippen molar-refractivity contribution in [3.8, 4) is 11.5 Å². The van der Waals surface area contributed by atoms with Crippen LogP contribution in [0.5, 0.6) is 11.5 Å². The van der Waals surface area contributed by atoms with E-state index in [1.807, 2.05) is 44.2 Å². The lowest BCUT2D eigenvalue weighted by atomic mass is 9.87. The standard InChI is InChI=1S/C29H34F2N2O2/c1-4-34-26-15-6-21(18-27(26)35-5-2)19-29(3)20-33(17-16-32-29)28(22-7-11-24(30)12-8-22)23-9-13-25(31)14-10-23/h6-15,18,28,32H,4-5,16-17,19-20H2,1-3H3. The molecule has 1 aliphatic rings. The second kappa shape index (κ2) is 11.2. The number of hydrogen-bond acceptors (Lipinski definition) is 4. The van der Waals surface area contributed by atoms with Crippen LogP contribution in [-0.2, 0) is 6.42 Å². The van der Waals surface area contributed by atoms with Crippen LogP contribution in [-0.4, -0.2) is 43.3 Å². The van der Waals surface area contributed by atoms with Crippen LogP contribution >= 0.6 is 0 Å². The van der Waals surface area contributed by atoms with E-state index in [0.717, 1.165) is 54.2 Å². The van der Waals surface area contributed by atoms with Crippen molar-refractivity contribution in [2.45, 2.75) is 38.8 Å². The van der Waals surface area contributed by atoms with Gasteiger partial charge in [-0.15, -0.1) is 0 Å². The zero-order valence-electron chi connectivity index (χ0n) is 20.7. The summed E-state index contributed by atoms with van der Waals surface area (Å²) in [5.41, 5.74) is 2.94. The Kier molecular flexibility index (Phi) is 8.04. The van der Waals surface area contributed by atoms with E-state index in [2.05, 4.69) is 29.3 Å². The van der Waals surface area contributed by atoms with Gasteiger partial charge in [0.2, 0.25) is 0 Å². The Hall–Kier alpha value is -2.96. The van der Waals surface area contributed by atoms with E-state index in [1.54, 1.807) is 0 Å². The number of rotatable bonds is 9. The fourth-order valence-corrected chi connectivity index (χ4v) is 4.98. The van der Waals surface area contributed by atoms with Gasteiger partial charge < -0.3 is 14.8 Å². The van der Waals surface area contributed by atoms with Gasteiger partial charge in [0.1, 0.15) is 11.6 Å². The van der Waals surface area contributed by atoms with Crippen LogP contribution < -0.4 is 14.8 Å². The van der Waals surface area contributed by atoms with Gasteiger partial charge in [-0.25, -0.2) is 8.78 Å². The third-order valence-electron chi connectivity index (χ3n) is 6.44. The molecule has 1 N–H and O–H groups in total. The molecular weight excluding hydrogens is 446 g/mol. The first-order chi connectivity index (χ1) is 16.9. The minimum atomic E-state index is -0.266. The Labute approximate surface area is 206 Å². The number of ether oxygens (including phenoxy) is 2. The van der Waals surface area contributed by atoms with Crippen molar-refractivity contribution in [2.24, 2.45) is 0 Å². The molecule has 1 saturated heterocycles. The lowest BCUT2D eigenvalue weighted by molar-refractivity contribution is 0.115. The summed E-state index contributed by atoms with van der Waals surface area (Å²) in [5.74, 6) is 0.988. The second-order valence-corrected chi connectivity index (χ2v) is 9.29. The molecule has 4 nitrogen and oxygen atoms in total. The molecule has 6 heteroatoms. The molecule has 0 amide bonds. The van der Waals surface area contributed by atoms with Gasteiger partial charge in [0.05, 0.1) is 19.3 Å². The molecule has 0 bridgehead atoms. The summed E-state index contributed by atoms with van der Waals surface area (Å²) in [6.07, 6.45) is 0.801. The van der Waals surface area contributed by atoms with Crippen LogP contribution in [0.4, 0.5) is 8.78 Å². The molecule has 3 aromatic rings. The molecule has 1 heterocycles. The molecule has 4 rings (SSSR count). The Morgan fingerprint density at radius 3 is 2.00 bits per heavy atom. The third kappa shape index (κ3) is 6.19. The monoisotopic (exact) mass is 480 g/mol. The summed E-state index contributed by atoms with van der Waals surface area (Å²) in [5, 5.41) is 3.71. The van der Waals surface area contributed by atoms with Crippen molar-refractivity contribution in [3.05, 3.63) is 95.1 Å². The maximum Gasteiger partial charge on any atom is 0.161 e. The van der Waals surface area contributed by atoms with Crippen molar-refractivity contribution >= 4 is 0 Å². The molecule has 186 valence electrons. The zero-order chi connectivity index (χ0) is 24.8. The highest BCUT2D eigenvalue weighted by Gasteiger charge is 2.35. The van der Waals surface area contributed by atoms with Gasteiger partial charge in [0.15, 0.2) is 11.5 Å². The normalized spacial score (nSPS) is 18.6. The van der Waals surface area contributed by atoms with E-state index in [-0.39, 0.29) is 23.2 Å². The highest BCUT2D eigenvalue weighted by molar-refractivity contribution is 5.43. The largest absolute Gasteiger partial charge is 0.490 e. The Balaban J connectivity index is 1.60. The van der Waals surface area contributed by atoms with Crippen LogP contribution in [0.3, 0.4) is 0 Å². The minimum Gasteiger partial charge on any atom is -0.490 e. The van der Waals surface area contributed by atoms with Crippen LogP contribution in [0.2, 0.25) is 0 Å². The van der Waals surface area contributed by atoms with E-state index < -0.39 is 0 Å². The summed E-state index contributed by atoms with van der Waals surface area (Å²) in [6, 6.07) is 19.3. The average molecular weight is 481 g/mol. The van der Waals surface area contributed by atoms with E-state index in [9.17, 15) is 8.78 Å². The highest BCUT2D eigenvalue weighted by atomic mass is 19.1. The van der Waals surface area contributed by atoms with E-state index in [1.165, 1.54) is 24.3 Å². The number of benzene rings is 3. The van der Waals surface area contributed by atoms with E-state index in [4.69, 9.17) is 9.47 Å².